The molecule has 5 nitrogen and oxygen atoms in total. The number of rotatable bonds is 9. The Kier molecular flexibility index (Phi) is 9.92. The van der Waals surface area contributed by atoms with Crippen LogP contribution in [-0.4, -0.2) is 48.3 Å². The zero-order valence-electron chi connectivity index (χ0n) is 21.1. The topological polar surface area (TPSA) is 61.4 Å². The van der Waals surface area contributed by atoms with Gasteiger partial charge in [0.1, 0.15) is 0 Å². The highest BCUT2D eigenvalue weighted by Gasteiger charge is 2.37. The van der Waals surface area contributed by atoms with Crippen LogP contribution < -0.4 is 10.6 Å². The molecule has 2 amide bonds. The Hall–Kier alpha value is -2.07. The first-order chi connectivity index (χ1) is 17.8. The van der Waals surface area contributed by atoms with Gasteiger partial charge >= 0.3 is 0 Å². The van der Waals surface area contributed by atoms with E-state index in [2.05, 4.69) is 38.1 Å². The Balaban J connectivity index is 1.24. The molecule has 1 heterocycles. The molecular weight excluding hydrogens is 587 g/mol. The smallest absolute Gasteiger partial charge is 0.248 e. The number of carbonyl (C=O) groups excluding carboxylic acids is 2. The summed E-state index contributed by atoms with van der Waals surface area (Å²) in [6, 6.07) is 17.9. The van der Waals surface area contributed by atoms with E-state index in [0.29, 0.717) is 6.42 Å². The van der Waals surface area contributed by atoms with Crippen LogP contribution in [0.5, 0.6) is 0 Å². The minimum absolute atomic E-state index is 0.0620. The first kappa shape index (κ1) is 28.0. The predicted octanol–water partition coefficient (Wildman–Crippen LogP) is 5.49. The molecule has 0 aromatic heterocycles. The van der Waals surface area contributed by atoms with Gasteiger partial charge < -0.3 is 15.5 Å². The number of hydrogen-bond donors (Lipinski definition) is 2. The van der Waals surface area contributed by atoms with Crippen molar-refractivity contribution in [2.75, 3.05) is 19.6 Å². The number of amides is 2. The van der Waals surface area contributed by atoms with Gasteiger partial charge in [0.05, 0.1) is 12.5 Å². The average Bonchev–Trinajstić information content (AvgIpc) is 2.89. The molecule has 4 rings (SSSR count). The van der Waals surface area contributed by atoms with Gasteiger partial charge in [0.2, 0.25) is 17.7 Å². The van der Waals surface area contributed by atoms with Gasteiger partial charge in [0, 0.05) is 48.0 Å². The van der Waals surface area contributed by atoms with Crippen LogP contribution in [0.3, 0.4) is 0 Å². The molecule has 2 fully saturated rings. The van der Waals surface area contributed by atoms with Crippen molar-refractivity contribution < 1.29 is 18.4 Å². The highest BCUT2D eigenvalue weighted by molar-refractivity contribution is 14.1. The standard InChI is InChI=1S/C29H36F2IN3O2/c30-29(31)15-10-23(11-16-29)28(37)34-26(22-4-2-1-3-5-22)14-19-35-17-12-25(13-18-35)33-27(36)20-21-6-8-24(32)9-7-21/h1-9,23,25-26H,10-20H2,(H,33,36)(H,34,37)/t26-/m0/s1. The third kappa shape index (κ3) is 8.74. The number of carbonyl (C=O) groups is 2. The van der Waals surface area contributed by atoms with E-state index in [4.69, 9.17) is 0 Å². The molecule has 8 heteroatoms. The van der Waals surface area contributed by atoms with Crippen LogP contribution in [0.1, 0.15) is 62.1 Å². The van der Waals surface area contributed by atoms with Gasteiger partial charge in [-0.2, -0.15) is 0 Å². The van der Waals surface area contributed by atoms with Gasteiger partial charge in [-0.25, -0.2) is 8.78 Å². The second-order valence-corrected chi connectivity index (χ2v) is 11.6. The lowest BCUT2D eigenvalue weighted by Crippen LogP contribution is -2.46. The van der Waals surface area contributed by atoms with E-state index in [0.717, 1.165) is 53.6 Å². The lowest BCUT2D eigenvalue weighted by atomic mass is 9.86. The maximum Gasteiger partial charge on any atom is 0.248 e. The van der Waals surface area contributed by atoms with Crippen LogP contribution in [0.15, 0.2) is 54.6 Å². The highest BCUT2D eigenvalue weighted by Crippen LogP contribution is 2.36. The van der Waals surface area contributed by atoms with Crippen LogP contribution in [0.2, 0.25) is 0 Å². The number of nitrogens with zero attached hydrogens (tertiary/aromatic N) is 1. The Labute approximate surface area is 231 Å². The summed E-state index contributed by atoms with van der Waals surface area (Å²) in [5.41, 5.74) is 2.06. The van der Waals surface area contributed by atoms with Crippen molar-refractivity contribution in [3.8, 4) is 0 Å². The summed E-state index contributed by atoms with van der Waals surface area (Å²) in [4.78, 5) is 27.8. The van der Waals surface area contributed by atoms with Crippen molar-refractivity contribution in [3.05, 3.63) is 69.3 Å². The van der Waals surface area contributed by atoms with E-state index >= 15 is 0 Å². The maximum atomic E-state index is 13.5. The maximum absolute atomic E-state index is 13.5. The summed E-state index contributed by atoms with van der Waals surface area (Å²) in [6.07, 6.45) is 3.01. The summed E-state index contributed by atoms with van der Waals surface area (Å²) >= 11 is 2.26. The Morgan fingerprint density at radius 1 is 0.973 bits per heavy atom. The fourth-order valence-corrected chi connectivity index (χ4v) is 5.64. The predicted molar refractivity (Wildman–Crippen MR) is 149 cm³/mol. The van der Waals surface area contributed by atoms with Crippen LogP contribution in [0, 0.1) is 9.49 Å². The first-order valence-electron chi connectivity index (χ1n) is 13.3. The molecule has 0 bridgehead atoms. The first-order valence-corrected chi connectivity index (χ1v) is 14.3. The monoisotopic (exact) mass is 623 g/mol. The molecule has 0 radical (unpaired) electrons. The molecule has 0 unspecified atom stereocenters. The zero-order chi connectivity index (χ0) is 26.3. The fourth-order valence-electron chi connectivity index (χ4n) is 5.28. The number of alkyl halides is 2. The minimum Gasteiger partial charge on any atom is -0.353 e. The normalized spacial score (nSPS) is 19.8. The molecule has 1 aliphatic carbocycles. The lowest BCUT2D eigenvalue weighted by molar-refractivity contribution is -0.130. The Morgan fingerprint density at radius 3 is 2.27 bits per heavy atom. The summed E-state index contributed by atoms with van der Waals surface area (Å²) in [7, 11) is 0. The number of likely N-dealkylation sites (tertiary alicyclic amines) is 1. The third-order valence-corrected chi connectivity index (χ3v) is 8.29. The van der Waals surface area contributed by atoms with Crippen LogP contribution in [0.25, 0.3) is 0 Å². The van der Waals surface area contributed by atoms with Crippen molar-refractivity contribution in [3.63, 3.8) is 0 Å². The van der Waals surface area contributed by atoms with E-state index in [1.807, 2.05) is 54.6 Å². The Morgan fingerprint density at radius 2 is 1.62 bits per heavy atom. The van der Waals surface area contributed by atoms with Crippen molar-refractivity contribution in [1.82, 2.24) is 15.5 Å². The zero-order valence-corrected chi connectivity index (χ0v) is 23.3. The molecule has 200 valence electrons. The summed E-state index contributed by atoms with van der Waals surface area (Å²) < 4.78 is 28.2. The van der Waals surface area contributed by atoms with E-state index < -0.39 is 5.92 Å². The molecule has 37 heavy (non-hydrogen) atoms. The molecule has 1 saturated carbocycles. The summed E-state index contributed by atoms with van der Waals surface area (Å²) in [5, 5.41) is 6.35. The third-order valence-electron chi connectivity index (χ3n) is 7.57. The molecule has 2 aromatic carbocycles. The molecule has 1 aliphatic heterocycles. The van der Waals surface area contributed by atoms with Crippen LogP contribution >= 0.6 is 22.6 Å². The number of nitrogens with one attached hydrogen (secondary N) is 2. The molecular formula is C29H36F2IN3O2. The molecule has 1 atom stereocenters. The van der Waals surface area contributed by atoms with E-state index in [9.17, 15) is 18.4 Å². The molecule has 2 aromatic rings. The molecule has 0 spiro atoms. The van der Waals surface area contributed by atoms with Gasteiger partial charge in [0.25, 0.3) is 0 Å². The quantitative estimate of drug-likeness (QED) is 0.364. The van der Waals surface area contributed by atoms with Crippen LogP contribution in [-0.2, 0) is 16.0 Å². The number of piperidine rings is 1. The van der Waals surface area contributed by atoms with Gasteiger partial charge in [-0.15, -0.1) is 0 Å². The number of benzene rings is 2. The van der Waals surface area contributed by atoms with Gasteiger partial charge in [-0.3, -0.25) is 9.59 Å². The van der Waals surface area contributed by atoms with Gasteiger partial charge in [-0.1, -0.05) is 42.5 Å². The van der Waals surface area contributed by atoms with Gasteiger partial charge in [0.15, 0.2) is 0 Å². The molecule has 2 N–H and O–H groups in total. The summed E-state index contributed by atoms with van der Waals surface area (Å²) in [6.45, 7) is 2.61. The minimum atomic E-state index is -2.64. The van der Waals surface area contributed by atoms with Crippen molar-refractivity contribution in [1.29, 1.82) is 0 Å². The SMILES string of the molecule is O=C(Cc1ccc(I)cc1)NC1CCN(CC[C@H](NC(=O)C2CCC(F)(F)CC2)c2ccccc2)CC1. The second-order valence-electron chi connectivity index (χ2n) is 10.4. The van der Waals surface area contributed by atoms with Crippen molar-refractivity contribution in [2.24, 2.45) is 5.92 Å². The van der Waals surface area contributed by atoms with Crippen molar-refractivity contribution in [2.45, 2.75) is 69.4 Å². The van der Waals surface area contributed by atoms with Crippen molar-refractivity contribution >= 4 is 34.4 Å². The van der Waals surface area contributed by atoms with Crippen LogP contribution in [0.4, 0.5) is 8.78 Å². The number of hydrogen-bond acceptors (Lipinski definition) is 3. The highest BCUT2D eigenvalue weighted by atomic mass is 127. The lowest BCUT2D eigenvalue weighted by Gasteiger charge is -2.34. The fraction of sp³-hybridized carbons (Fsp3) is 0.517. The molecule has 1 saturated heterocycles. The van der Waals surface area contributed by atoms with Gasteiger partial charge in [-0.05, 0) is 78.0 Å². The summed E-state index contributed by atoms with van der Waals surface area (Å²) in [5.74, 6) is -3.03. The molecule has 2 aliphatic rings. The average molecular weight is 624 g/mol. The second kappa shape index (κ2) is 13.1. The van der Waals surface area contributed by atoms with E-state index in [-0.39, 0.29) is 55.5 Å². The van der Waals surface area contributed by atoms with E-state index in [1.165, 1.54) is 0 Å². The largest absolute Gasteiger partial charge is 0.353 e. The Bertz CT molecular complexity index is 1020. The van der Waals surface area contributed by atoms with E-state index in [1.54, 1.807) is 0 Å². The number of halogens is 3.